The van der Waals surface area contributed by atoms with Gasteiger partial charge in [-0.05, 0) is 57.7 Å². The van der Waals surface area contributed by atoms with Crippen LogP contribution in [0.3, 0.4) is 0 Å². The molecule has 1 heterocycles. The van der Waals surface area contributed by atoms with Crippen molar-refractivity contribution in [3.8, 4) is 0 Å². The number of rotatable bonds is 7. The van der Waals surface area contributed by atoms with Crippen molar-refractivity contribution in [2.45, 2.75) is 52.0 Å². The molecular weight excluding hydrogens is 172 g/mol. The summed E-state index contributed by atoms with van der Waals surface area (Å²) in [4.78, 5) is 0. The average molecular weight is 198 g/mol. The molecule has 84 valence electrons. The van der Waals surface area contributed by atoms with Gasteiger partial charge in [-0.15, -0.1) is 0 Å². The zero-order chi connectivity index (χ0) is 10.2. The van der Waals surface area contributed by atoms with Crippen LogP contribution in [0.2, 0.25) is 0 Å². The van der Waals surface area contributed by atoms with Crippen LogP contribution in [0.5, 0.6) is 0 Å². The van der Waals surface area contributed by atoms with Gasteiger partial charge in [0.15, 0.2) is 0 Å². The first-order chi connectivity index (χ1) is 6.79. The van der Waals surface area contributed by atoms with Gasteiger partial charge in [-0.25, -0.2) is 0 Å². The molecule has 0 radical (unpaired) electrons. The molecule has 0 aliphatic carbocycles. The zero-order valence-electron chi connectivity index (χ0n) is 9.81. The van der Waals surface area contributed by atoms with Crippen molar-refractivity contribution in [3.63, 3.8) is 0 Å². The van der Waals surface area contributed by atoms with Crippen LogP contribution >= 0.6 is 0 Å². The molecule has 2 heteroatoms. The van der Waals surface area contributed by atoms with E-state index in [2.05, 4.69) is 24.5 Å². The van der Waals surface area contributed by atoms with Crippen LogP contribution in [0.25, 0.3) is 0 Å². The van der Waals surface area contributed by atoms with Crippen molar-refractivity contribution in [3.05, 3.63) is 0 Å². The molecule has 1 fully saturated rings. The highest BCUT2D eigenvalue weighted by Crippen LogP contribution is 2.07. The molecule has 0 aromatic carbocycles. The maximum atomic E-state index is 3.53. The van der Waals surface area contributed by atoms with E-state index in [0.717, 1.165) is 12.0 Å². The van der Waals surface area contributed by atoms with Crippen molar-refractivity contribution in [1.29, 1.82) is 0 Å². The highest BCUT2D eigenvalue weighted by Gasteiger charge is 2.12. The summed E-state index contributed by atoms with van der Waals surface area (Å²) in [6.45, 7) is 8.21. The normalized spacial score (nSPS) is 22.1. The molecule has 1 saturated heterocycles. The third-order valence-corrected chi connectivity index (χ3v) is 2.97. The summed E-state index contributed by atoms with van der Waals surface area (Å²) in [5, 5.41) is 7.05. The van der Waals surface area contributed by atoms with E-state index in [-0.39, 0.29) is 0 Å². The molecule has 1 atom stereocenters. The predicted octanol–water partition coefficient (Wildman–Crippen LogP) is 2.15. The standard InChI is InChI=1S/C12H26N2/c1-11(2)5-3-8-13-10-7-12-6-4-9-14-12/h11-14H,3-10H2,1-2H3. The first-order valence-corrected chi connectivity index (χ1v) is 6.23. The molecule has 1 aliphatic heterocycles. The lowest BCUT2D eigenvalue weighted by molar-refractivity contribution is 0.494. The Morgan fingerprint density at radius 1 is 1.36 bits per heavy atom. The molecule has 0 saturated carbocycles. The summed E-state index contributed by atoms with van der Waals surface area (Å²) >= 11 is 0. The van der Waals surface area contributed by atoms with Crippen molar-refractivity contribution in [1.82, 2.24) is 10.6 Å². The van der Waals surface area contributed by atoms with Gasteiger partial charge in [0, 0.05) is 6.04 Å². The van der Waals surface area contributed by atoms with E-state index in [9.17, 15) is 0 Å². The van der Waals surface area contributed by atoms with Crippen molar-refractivity contribution in [2.75, 3.05) is 19.6 Å². The summed E-state index contributed by atoms with van der Waals surface area (Å²) in [5.74, 6) is 0.855. The highest BCUT2D eigenvalue weighted by atomic mass is 14.9. The summed E-state index contributed by atoms with van der Waals surface area (Å²) in [6.07, 6.45) is 6.75. The van der Waals surface area contributed by atoms with Crippen molar-refractivity contribution < 1.29 is 0 Å². The minimum atomic E-state index is 0.799. The summed E-state index contributed by atoms with van der Waals surface area (Å²) < 4.78 is 0. The third-order valence-electron chi connectivity index (χ3n) is 2.97. The molecule has 2 nitrogen and oxygen atoms in total. The minimum Gasteiger partial charge on any atom is -0.317 e. The summed E-state index contributed by atoms with van der Waals surface area (Å²) in [7, 11) is 0. The smallest absolute Gasteiger partial charge is 0.00796 e. The topological polar surface area (TPSA) is 24.1 Å². The number of nitrogens with one attached hydrogen (secondary N) is 2. The molecule has 0 aromatic heterocycles. The second-order valence-electron chi connectivity index (χ2n) is 4.87. The van der Waals surface area contributed by atoms with Gasteiger partial charge in [0.1, 0.15) is 0 Å². The Hall–Kier alpha value is -0.0800. The largest absolute Gasteiger partial charge is 0.317 e. The van der Waals surface area contributed by atoms with Gasteiger partial charge in [0.05, 0.1) is 0 Å². The molecular formula is C12H26N2. The van der Waals surface area contributed by atoms with Crippen molar-refractivity contribution in [2.24, 2.45) is 5.92 Å². The molecule has 1 rings (SSSR count). The van der Waals surface area contributed by atoms with E-state index >= 15 is 0 Å². The van der Waals surface area contributed by atoms with Crippen LogP contribution < -0.4 is 10.6 Å². The lowest BCUT2D eigenvalue weighted by Crippen LogP contribution is -2.27. The zero-order valence-corrected chi connectivity index (χ0v) is 9.81. The average Bonchev–Trinajstić information content (AvgIpc) is 2.63. The first-order valence-electron chi connectivity index (χ1n) is 6.23. The van der Waals surface area contributed by atoms with E-state index < -0.39 is 0 Å². The third kappa shape index (κ3) is 5.61. The number of hydrogen-bond donors (Lipinski definition) is 2. The van der Waals surface area contributed by atoms with Crippen LogP contribution in [0.15, 0.2) is 0 Å². The SMILES string of the molecule is CC(C)CCCNCCC1CCCN1. The Morgan fingerprint density at radius 3 is 2.86 bits per heavy atom. The van der Waals surface area contributed by atoms with Crippen molar-refractivity contribution >= 4 is 0 Å². The second kappa shape index (κ2) is 7.24. The second-order valence-corrected chi connectivity index (χ2v) is 4.87. The molecule has 0 aromatic rings. The maximum Gasteiger partial charge on any atom is 0.00796 e. The molecule has 14 heavy (non-hydrogen) atoms. The quantitative estimate of drug-likeness (QED) is 0.613. The fourth-order valence-corrected chi connectivity index (χ4v) is 2.04. The van der Waals surface area contributed by atoms with Gasteiger partial charge < -0.3 is 10.6 Å². The van der Waals surface area contributed by atoms with Gasteiger partial charge in [0.25, 0.3) is 0 Å². The molecule has 0 bridgehead atoms. The monoisotopic (exact) mass is 198 g/mol. The van der Waals surface area contributed by atoms with E-state index in [1.165, 1.54) is 51.7 Å². The van der Waals surface area contributed by atoms with Gasteiger partial charge in [-0.2, -0.15) is 0 Å². The maximum absolute atomic E-state index is 3.53. The molecule has 1 unspecified atom stereocenters. The Morgan fingerprint density at radius 2 is 2.21 bits per heavy atom. The molecule has 1 aliphatic rings. The predicted molar refractivity (Wildman–Crippen MR) is 62.6 cm³/mol. The van der Waals surface area contributed by atoms with Gasteiger partial charge in [0.2, 0.25) is 0 Å². The Kier molecular flexibility index (Phi) is 6.20. The molecule has 0 amide bonds. The van der Waals surface area contributed by atoms with Crippen LogP contribution in [0.4, 0.5) is 0 Å². The van der Waals surface area contributed by atoms with E-state index in [1.807, 2.05) is 0 Å². The van der Waals surface area contributed by atoms with Gasteiger partial charge in [-0.1, -0.05) is 13.8 Å². The van der Waals surface area contributed by atoms with Crippen LogP contribution in [-0.4, -0.2) is 25.7 Å². The Bertz CT molecular complexity index is 128. The van der Waals surface area contributed by atoms with E-state index in [0.29, 0.717) is 0 Å². The fourth-order valence-electron chi connectivity index (χ4n) is 2.04. The molecule has 2 N–H and O–H groups in total. The van der Waals surface area contributed by atoms with E-state index in [4.69, 9.17) is 0 Å². The van der Waals surface area contributed by atoms with Crippen LogP contribution in [0, 0.1) is 5.92 Å². The highest BCUT2D eigenvalue weighted by molar-refractivity contribution is 4.74. The van der Waals surface area contributed by atoms with Crippen LogP contribution in [0.1, 0.15) is 46.0 Å². The van der Waals surface area contributed by atoms with Gasteiger partial charge >= 0.3 is 0 Å². The van der Waals surface area contributed by atoms with Gasteiger partial charge in [-0.3, -0.25) is 0 Å². The number of hydrogen-bond acceptors (Lipinski definition) is 2. The lowest BCUT2D eigenvalue weighted by atomic mass is 10.1. The molecule has 0 spiro atoms. The summed E-state index contributed by atoms with van der Waals surface area (Å²) in [5.41, 5.74) is 0. The Labute approximate surface area is 88.8 Å². The Balaban J connectivity index is 1.79. The van der Waals surface area contributed by atoms with E-state index in [1.54, 1.807) is 0 Å². The first kappa shape index (κ1) is 12.0. The summed E-state index contributed by atoms with van der Waals surface area (Å²) in [6, 6.07) is 0.799. The fraction of sp³-hybridized carbons (Fsp3) is 1.00. The minimum absolute atomic E-state index is 0.799. The van der Waals surface area contributed by atoms with Crippen LogP contribution in [-0.2, 0) is 0 Å². The lowest BCUT2D eigenvalue weighted by Gasteiger charge is -2.11.